The standard InChI is InChI=1S/C26H26N6O2/c33-25(31-21-5-6-23-24(17-21)28-12-11-27-23)16-19-7-13-32(14-8-19)18-20-3-1-4-22(15-20)34-26-29-9-2-10-30-26/h1-6,9-12,15,17,19H,7-8,13-14,16,18H2,(H,31,33). The van der Waals surface area contributed by atoms with E-state index in [1.165, 1.54) is 5.56 Å². The highest BCUT2D eigenvalue weighted by Gasteiger charge is 2.22. The van der Waals surface area contributed by atoms with Gasteiger partial charge in [-0.05, 0) is 73.8 Å². The molecule has 5 rings (SSSR count). The molecule has 34 heavy (non-hydrogen) atoms. The second-order valence-corrected chi connectivity index (χ2v) is 8.51. The monoisotopic (exact) mass is 454 g/mol. The number of ether oxygens (including phenoxy) is 1. The number of piperidine rings is 1. The molecule has 0 saturated carbocycles. The number of aromatic nitrogens is 4. The number of likely N-dealkylation sites (tertiary alicyclic amines) is 1. The molecule has 0 bridgehead atoms. The third kappa shape index (κ3) is 5.71. The number of rotatable bonds is 7. The van der Waals surface area contributed by atoms with Gasteiger partial charge in [-0.2, -0.15) is 0 Å². The smallest absolute Gasteiger partial charge is 0.321 e. The summed E-state index contributed by atoms with van der Waals surface area (Å²) in [5.41, 5.74) is 3.54. The van der Waals surface area contributed by atoms with Crippen LogP contribution in [-0.4, -0.2) is 43.8 Å². The number of fused-ring (bicyclic) bond motifs is 1. The first-order valence-electron chi connectivity index (χ1n) is 11.5. The van der Waals surface area contributed by atoms with E-state index in [0.29, 0.717) is 18.3 Å². The van der Waals surface area contributed by atoms with Crippen molar-refractivity contribution < 1.29 is 9.53 Å². The average molecular weight is 455 g/mol. The van der Waals surface area contributed by atoms with E-state index in [2.05, 4.69) is 36.2 Å². The minimum absolute atomic E-state index is 0.0506. The highest BCUT2D eigenvalue weighted by Crippen LogP contribution is 2.25. The lowest BCUT2D eigenvalue weighted by Crippen LogP contribution is -2.34. The van der Waals surface area contributed by atoms with E-state index in [9.17, 15) is 4.79 Å². The number of amides is 1. The van der Waals surface area contributed by atoms with Crippen LogP contribution in [0, 0.1) is 5.92 Å². The molecule has 0 aliphatic carbocycles. The molecule has 4 aromatic rings. The minimum atomic E-state index is 0.0506. The Kier molecular flexibility index (Phi) is 6.67. The fourth-order valence-corrected chi connectivity index (χ4v) is 4.27. The molecule has 1 saturated heterocycles. The number of nitrogens with one attached hydrogen (secondary N) is 1. The van der Waals surface area contributed by atoms with Crippen LogP contribution in [0.3, 0.4) is 0 Å². The lowest BCUT2D eigenvalue weighted by atomic mass is 9.93. The zero-order valence-electron chi connectivity index (χ0n) is 18.8. The van der Waals surface area contributed by atoms with Gasteiger partial charge < -0.3 is 10.1 Å². The number of benzene rings is 2. The van der Waals surface area contributed by atoms with Crippen LogP contribution in [0.5, 0.6) is 11.8 Å². The first-order valence-corrected chi connectivity index (χ1v) is 11.5. The minimum Gasteiger partial charge on any atom is -0.424 e. The van der Waals surface area contributed by atoms with Crippen molar-refractivity contribution in [3.05, 3.63) is 78.9 Å². The Bertz CT molecular complexity index is 1260. The fourth-order valence-electron chi connectivity index (χ4n) is 4.27. The first-order chi connectivity index (χ1) is 16.7. The van der Waals surface area contributed by atoms with Crippen LogP contribution in [0.4, 0.5) is 5.69 Å². The molecule has 0 radical (unpaired) electrons. The summed E-state index contributed by atoms with van der Waals surface area (Å²) in [5, 5.41) is 3.01. The Hall–Kier alpha value is -3.91. The van der Waals surface area contributed by atoms with Crippen LogP contribution >= 0.6 is 0 Å². The topological polar surface area (TPSA) is 93.1 Å². The molecule has 3 heterocycles. The maximum atomic E-state index is 12.6. The fraction of sp³-hybridized carbons (Fsp3) is 0.269. The lowest BCUT2D eigenvalue weighted by molar-refractivity contribution is -0.117. The highest BCUT2D eigenvalue weighted by atomic mass is 16.5. The number of carbonyl (C=O) groups is 1. The van der Waals surface area contributed by atoms with Gasteiger partial charge in [0, 0.05) is 43.4 Å². The molecule has 8 nitrogen and oxygen atoms in total. The summed E-state index contributed by atoms with van der Waals surface area (Å²) < 4.78 is 5.75. The largest absolute Gasteiger partial charge is 0.424 e. The summed E-state index contributed by atoms with van der Waals surface area (Å²) in [4.78, 5) is 31.8. The van der Waals surface area contributed by atoms with Gasteiger partial charge in [0.05, 0.1) is 11.0 Å². The van der Waals surface area contributed by atoms with Gasteiger partial charge in [-0.25, -0.2) is 9.97 Å². The van der Waals surface area contributed by atoms with Crippen molar-refractivity contribution in [3.63, 3.8) is 0 Å². The quantitative estimate of drug-likeness (QED) is 0.441. The molecule has 0 atom stereocenters. The van der Waals surface area contributed by atoms with E-state index in [1.54, 1.807) is 30.9 Å². The SMILES string of the molecule is O=C(CC1CCN(Cc2cccc(Oc3ncccn3)c2)CC1)Nc1ccc2nccnc2c1. The molecular weight excluding hydrogens is 428 g/mol. The van der Waals surface area contributed by atoms with E-state index in [1.807, 2.05) is 36.4 Å². The van der Waals surface area contributed by atoms with Crippen molar-refractivity contribution in [1.82, 2.24) is 24.8 Å². The van der Waals surface area contributed by atoms with Crippen molar-refractivity contribution in [2.24, 2.45) is 5.92 Å². The Labute approximate surface area is 198 Å². The Morgan fingerprint density at radius 1 is 0.912 bits per heavy atom. The van der Waals surface area contributed by atoms with Crippen molar-refractivity contribution in [3.8, 4) is 11.8 Å². The number of anilines is 1. The average Bonchev–Trinajstić information content (AvgIpc) is 2.86. The third-order valence-electron chi connectivity index (χ3n) is 5.99. The normalized spacial score (nSPS) is 14.7. The maximum absolute atomic E-state index is 12.6. The predicted molar refractivity (Wildman–Crippen MR) is 129 cm³/mol. The lowest BCUT2D eigenvalue weighted by Gasteiger charge is -2.31. The molecule has 0 spiro atoms. The Morgan fingerprint density at radius 2 is 1.71 bits per heavy atom. The zero-order valence-corrected chi connectivity index (χ0v) is 18.8. The van der Waals surface area contributed by atoms with Crippen LogP contribution < -0.4 is 10.1 Å². The summed E-state index contributed by atoms with van der Waals surface area (Å²) in [6, 6.07) is 15.8. The molecule has 0 unspecified atom stereocenters. The molecule has 1 fully saturated rings. The van der Waals surface area contributed by atoms with Crippen LogP contribution in [0.2, 0.25) is 0 Å². The van der Waals surface area contributed by atoms with Gasteiger partial charge >= 0.3 is 6.01 Å². The second-order valence-electron chi connectivity index (χ2n) is 8.51. The van der Waals surface area contributed by atoms with Crippen molar-refractivity contribution in [2.45, 2.75) is 25.8 Å². The molecule has 1 amide bonds. The van der Waals surface area contributed by atoms with Gasteiger partial charge in [0.25, 0.3) is 0 Å². The van der Waals surface area contributed by atoms with E-state index in [4.69, 9.17) is 4.74 Å². The highest BCUT2D eigenvalue weighted by molar-refractivity contribution is 5.93. The van der Waals surface area contributed by atoms with Crippen molar-refractivity contribution >= 4 is 22.6 Å². The summed E-state index contributed by atoms with van der Waals surface area (Å²) in [6.07, 6.45) is 9.18. The maximum Gasteiger partial charge on any atom is 0.321 e. The number of hydrogen-bond acceptors (Lipinski definition) is 7. The van der Waals surface area contributed by atoms with E-state index in [0.717, 1.165) is 54.9 Å². The second kappa shape index (κ2) is 10.4. The molecule has 2 aromatic heterocycles. The molecule has 1 aliphatic rings. The molecule has 1 N–H and O–H groups in total. The van der Waals surface area contributed by atoms with Gasteiger partial charge in [-0.3, -0.25) is 19.7 Å². The van der Waals surface area contributed by atoms with E-state index in [-0.39, 0.29) is 5.91 Å². The number of hydrogen-bond donors (Lipinski definition) is 1. The van der Waals surface area contributed by atoms with Gasteiger partial charge in [-0.15, -0.1) is 0 Å². The van der Waals surface area contributed by atoms with Crippen LogP contribution in [0.1, 0.15) is 24.8 Å². The Balaban J connectivity index is 1.09. The molecule has 8 heteroatoms. The van der Waals surface area contributed by atoms with E-state index >= 15 is 0 Å². The van der Waals surface area contributed by atoms with Crippen molar-refractivity contribution in [2.75, 3.05) is 18.4 Å². The van der Waals surface area contributed by atoms with Crippen LogP contribution in [0.25, 0.3) is 11.0 Å². The van der Waals surface area contributed by atoms with Gasteiger partial charge in [0.1, 0.15) is 5.75 Å². The summed E-state index contributed by atoms with van der Waals surface area (Å²) in [7, 11) is 0. The van der Waals surface area contributed by atoms with Gasteiger partial charge in [0.2, 0.25) is 5.91 Å². The predicted octanol–water partition coefficient (Wildman–Crippen LogP) is 4.45. The van der Waals surface area contributed by atoms with E-state index < -0.39 is 0 Å². The zero-order chi connectivity index (χ0) is 23.2. The summed E-state index contributed by atoms with van der Waals surface area (Å²) >= 11 is 0. The first kappa shape index (κ1) is 21.9. The molecular formula is C26H26N6O2. The number of nitrogens with zero attached hydrogens (tertiary/aromatic N) is 5. The number of carbonyl (C=O) groups excluding carboxylic acids is 1. The summed E-state index contributed by atoms with van der Waals surface area (Å²) in [5.74, 6) is 1.17. The Morgan fingerprint density at radius 3 is 2.53 bits per heavy atom. The van der Waals surface area contributed by atoms with Crippen LogP contribution in [0.15, 0.2) is 73.3 Å². The van der Waals surface area contributed by atoms with Crippen molar-refractivity contribution in [1.29, 1.82) is 0 Å². The van der Waals surface area contributed by atoms with Gasteiger partial charge in [-0.1, -0.05) is 12.1 Å². The molecule has 2 aromatic carbocycles. The van der Waals surface area contributed by atoms with Gasteiger partial charge in [0.15, 0.2) is 0 Å². The van der Waals surface area contributed by atoms with Crippen LogP contribution in [-0.2, 0) is 11.3 Å². The molecule has 172 valence electrons. The molecule has 1 aliphatic heterocycles. The third-order valence-corrected chi connectivity index (χ3v) is 5.99. The summed E-state index contributed by atoms with van der Waals surface area (Å²) in [6.45, 7) is 2.79.